The summed E-state index contributed by atoms with van der Waals surface area (Å²) in [6.45, 7) is 1.95. The first-order valence-electron chi connectivity index (χ1n) is 10.1. The molecule has 1 saturated carbocycles. The molecule has 0 radical (unpaired) electrons. The van der Waals surface area contributed by atoms with E-state index in [4.69, 9.17) is 21.1 Å². The van der Waals surface area contributed by atoms with Crippen molar-refractivity contribution >= 4 is 40.4 Å². The van der Waals surface area contributed by atoms with Crippen molar-refractivity contribution in [3.05, 3.63) is 50.2 Å². The molecular weight excluding hydrogens is 438 g/mol. The van der Waals surface area contributed by atoms with Crippen LogP contribution >= 0.6 is 22.9 Å². The number of thiophene rings is 1. The number of nitrogens with zero attached hydrogens (tertiary/aromatic N) is 1. The van der Waals surface area contributed by atoms with Gasteiger partial charge in [-0.05, 0) is 42.8 Å². The fourth-order valence-electron chi connectivity index (χ4n) is 4.52. The Kier molecular flexibility index (Phi) is 5.99. The number of aryl methyl sites for hydroxylation is 1. The Morgan fingerprint density at radius 3 is 2.42 bits per heavy atom. The van der Waals surface area contributed by atoms with Crippen molar-refractivity contribution in [2.75, 3.05) is 14.2 Å². The number of hydrogen-bond donors (Lipinski definition) is 1. The molecule has 1 amide bonds. The van der Waals surface area contributed by atoms with Crippen molar-refractivity contribution in [3.63, 3.8) is 0 Å². The largest absolute Gasteiger partial charge is 0.507 e. The molecule has 1 atom stereocenters. The van der Waals surface area contributed by atoms with Crippen LogP contribution in [-0.2, 0) is 9.59 Å². The second-order valence-electron chi connectivity index (χ2n) is 7.80. The van der Waals surface area contributed by atoms with Gasteiger partial charge in [-0.3, -0.25) is 9.59 Å². The second-order valence-corrected chi connectivity index (χ2v) is 9.15. The minimum Gasteiger partial charge on any atom is -0.507 e. The predicted octanol–water partition coefficient (Wildman–Crippen LogP) is 5.09. The molecule has 1 aromatic heterocycles. The Bertz CT molecular complexity index is 1070. The Morgan fingerprint density at radius 2 is 1.84 bits per heavy atom. The van der Waals surface area contributed by atoms with Crippen LogP contribution in [0.25, 0.3) is 5.76 Å². The van der Waals surface area contributed by atoms with Crippen LogP contribution in [-0.4, -0.2) is 42.0 Å². The first kappa shape index (κ1) is 21.7. The van der Waals surface area contributed by atoms with Crippen molar-refractivity contribution in [1.29, 1.82) is 0 Å². The van der Waals surface area contributed by atoms with E-state index >= 15 is 0 Å². The quantitative estimate of drug-likeness (QED) is 0.381. The van der Waals surface area contributed by atoms with Crippen molar-refractivity contribution in [3.8, 4) is 11.5 Å². The summed E-state index contributed by atoms with van der Waals surface area (Å²) in [6.07, 6.45) is 3.74. The number of carbonyl (C=O) groups is 2. The Balaban J connectivity index is 1.93. The van der Waals surface area contributed by atoms with Crippen LogP contribution in [0.5, 0.6) is 11.5 Å². The first-order chi connectivity index (χ1) is 14.9. The van der Waals surface area contributed by atoms with Gasteiger partial charge in [0, 0.05) is 17.0 Å². The van der Waals surface area contributed by atoms with E-state index in [0.717, 1.165) is 36.1 Å². The van der Waals surface area contributed by atoms with E-state index < -0.39 is 17.7 Å². The summed E-state index contributed by atoms with van der Waals surface area (Å²) in [5.74, 6) is -0.862. The highest BCUT2D eigenvalue weighted by atomic mass is 35.5. The molecule has 2 heterocycles. The summed E-state index contributed by atoms with van der Waals surface area (Å²) in [7, 11) is 2.93. The van der Waals surface area contributed by atoms with E-state index in [-0.39, 0.29) is 28.0 Å². The first-order valence-corrected chi connectivity index (χ1v) is 11.4. The SMILES string of the molecule is COc1cc(OC)c(/C(O)=C2\C(=O)C(=O)N(C3CCCC3)C2c2sccc2C)cc1Cl. The van der Waals surface area contributed by atoms with Crippen LogP contribution in [0, 0.1) is 6.92 Å². The molecule has 31 heavy (non-hydrogen) atoms. The molecule has 2 fully saturated rings. The van der Waals surface area contributed by atoms with Crippen molar-refractivity contribution in [2.24, 2.45) is 0 Å². The smallest absolute Gasteiger partial charge is 0.295 e. The molecular formula is C23H24ClNO5S. The van der Waals surface area contributed by atoms with Gasteiger partial charge in [0.05, 0.1) is 30.4 Å². The van der Waals surface area contributed by atoms with E-state index in [1.807, 2.05) is 18.4 Å². The summed E-state index contributed by atoms with van der Waals surface area (Å²) in [4.78, 5) is 28.9. The van der Waals surface area contributed by atoms with Crippen LogP contribution in [0.1, 0.15) is 47.7 Å². The molecule has 2 aliphatic rings. The molecule has 6 nitrogen and oxygen atoms in total. The van der Waals surface area contributed by atoms with Crippen LogP contribution in [0.3, 0.4) is 0 Å². The normalized spacial score (nSPS) is 21.2. The number of aliphatic hydroxyl groups excluding tert-OH is 1. The minimum atomic E-state index is -0.684. The van der Waals surface area contributed by atoms with Crippen molar-refractivity contribution in [1.82, 2.24) is 4.90 Å². The molecule has 0 spiro atoms. The number of carbonyl (C=O) groups excluding carboxylic acids is 2. The number of rotatable bonds is 5. The molecule has 1 saturated heterocycles. The molecule has 1 aliphatic heterocycles. The number of ether oxygens (including phenoxy) is 2. The summed E-state index contributed by atoms with van der Waals surface area (Å²) in [5.41, 5.74) is 1.30. The van der Waals surface area contributed by atoms with Crippen molar-refractivity contribution < 1.29 is 24.2 Å². The number of ketones is 1. The van der Waals surface area contributed by atoms with E-state index in [0.29, 0.717) is 11.5 Å². The molecule has 2 aromatic rings. The van der Waals surface area contributed by atoms with Gasteiger partial charge in [-0.2, -0.15) is 0 Å². The molecule has 1 unspecified atom stereocenters. The number of amides is 1. The molecule has 164 valence electrons. The molecule has 4 rings (SSSR count). The van der Waals surface area contributed by atoms with Crippen LogP contribution in [0.15, 0.2) is 29.2 Å². The monoisotopic (exact) mass is 461 g/mol. The fourth-order valence-corrected chi connectivity index (χ4v) is 5.80. The summed E-state index contributed by atoms with van der Waals surface area (Å²) in [5, 5.41) is 13.5. The summed E-state index contributed by atoms with van der Waals surface area (Å²) in [6, 6.07) is 4.36. The number of Topliss-reactive ketones (excluding diaryl/α,β-unsaturated/α-hetero) is 1. The van der Waals surface area contributed by atoms with Gasteiger partial charge in [-0.1, -0.05) is 24.4 Å². The summed E-state index contributed by atoms with van der Waals surface area (Å²) < 4.78 is 10.7. The third-order valence-corrected chi connectivity index (χ3v) is 7.44. The van der Waals surface area contributed by atoms with Gasteiger partial charge in [0.2, 0.25) is 0 Å². The van der Waals surface area contributed by atoms with Gasteiger partial charge >= 0.3 is 0 Å². The predicted molar refractivity (Wildman–Crippen MR) is 120 cm³/mol. The van der Waals surface area contributed by atoms with Crippen LogP contribution in [0.4, 0.5) is 0 Å². The van der Waals surface area contributed by atoms with E-state index in [1.54, 1.807) is 11.0 Å². The third-order valence-electron chi connectivity index (χ3n) is 6.08. The standard InChI is InChI=1S/C23H24ClNO5S/c1-12-8-9-31-22(12)19-18(21(27)23(28)25(19)13-6-4-5-7-13)20(26)14-10-15(24)17(30-3)11-16(14)29-2/h8-11,13,19,26H,4-7H2,1-3H3/b20-18+. The number of benzene rings is 1. The van der Waals surface area contributed by atoms with E-state index in [1.165, 1.54) is 31.6 Å². The average Bonchev–Trinajstić information content (AvgIpc) is 3.48. The third kappa shape index (κ3) is 3.59. The molecule has 1 aromatic carbocycles. The number of methoxy groups -OCH3 is 2. The van der Waals surface area contributed by atoms with Crippen LogP contribution in [0.2, 0.25) is 5.02 Å². The maximum absolute atomic E-state index is 13.2. The fraction of sp³-hybridized carbons (Fsp3) is 0.391. The number of hydrogen-bond acceptors (Lipinski definition) is 6. The van der Waals surface area contributed by atoms with Gasteiger partial charge in [-0.15, -0.1) is 11.3 Å². The molecule has 0 bridgehead atoms. The zero-order chi connectivity index (χ0) is 22.3. The van der Waals surface area contributed by atoms with Crippen molar-refractivity contribution in [2.45, 2.75) is 44.7 Å². The zero-order valence-corrected chi connectivity index (χ0v) is 19.2. The number of halogens is 1. The lowest BCUT2D eigenvalue weighted by atomic mass is 9.97. The van der Waals surface area contributed by atoms with Gasteiger partial charge in [0.1, 0.15) is 23.3 Å². The lowest BCUT2D eigenvalue weighted by Crippen LogP contribution is -2.37. The van der Waals surface area contributed by atoms with E-state index in [9.17, 15) is 14.7 Å². The lowest BCUT2D eigenvalue weighted by Gasteiger charge is -2.30. The van der Waals surface area contributed by atoms with Gasteiger partial charge < -0.3 is 19.5 Å². The maximum atomic E-state index is 13.2. The maximum Gasteiger partial charge on any atom is 0.295 e. The van der Waals surface area contributed by atoms with Gasteiger partial charge in [-0.25, -0.2) is 0 Å². The highest BCUT2D eigenvalue weighted by Gasteiger charge is 2.50. The molecule has 8 heteroatoms. The Hall–Kier alpha value is -2.51. The van der Waals surface area contributed by atoms with E-state index in [2.05, 4.69) is 0 Å². The zero-order valence-electron chi connectivity index (χ0n) is 17.6. The van der Waals surface area contributed by atoms with Gasteiger partial charge in [0.25, 0.3) is 11.7 Å². The Labute approximate surface area is 190 Å². The average molecular weight is 462 g/mol. The lowest BCUT2D eigenvalue weighted by molar-refractivity contribution is -0.141. The molecule has 1 aliphatic carbocycles. The number of likely N-dealkylation sites (tertiary alicyclic amines) is 1. The number of aliphatic hydroxyl groups is 1. The van der Waals surface area contributed by atoms with Gasteiger partial charge in [0.15, 0.2) is 0 Å². The highest BCUT2D eigenvalue weighted by Crippen LogP contribution is 2.47. The molecule has 1 N–H and O–H groups in total. The Morgan fingerprint density at radius 1 is 1.16 bits per heavy atom. The van der Waals surface area contributed by atoms with Crippen LogP contribution < -0.4 is 9.47 Å². The second kappa shape index (κ2) is 8.55. The topological polar surface area (TPSA) is 76.1 Å². The minimum absolute atomic E-state index is 0.0189. The summed E-state index contributed by atoms with van der Waals surface area (Å²) >= 11 is 7.77. The highest BCUT2D eigenvalue weighted by molar-refractivity contribution is 7.10.